The van der Waals surface area contributed by atoms with Gasteiger partial charge in [0.15, 0.2) is 5.78 Å². The van der Waals surface area contributed by atoms with Gasteiger partial charge in [-0.1, -0.05) is 12.8 Å². The van der Waals surface area contributed by atoms with E-state index >= 15 is 0 Å². The van der Waals surface area contributed by atoms with Gasteiger partial charge in [0.05, 0.1) is 4.92 Å². The second kappa shape index (κ2) is 5.77. The van der Waals surface area contributed by atoms with E-state index in [-0.39, 0.29) is 24.1 Å². The van der Waals surface area contributed by atoms with Gasteiger partial charge in [0.2, 0.25) is 5.82 Å². The molecule has 0 heterocycles. The number of nitro benzene ring substituents is 1. The molecule has 2 rings (SSSR count). The number of hydrogen-bond donors (Lipinski definition) is 0. The van der Waals surface area contributed by atoms with E-state index < -0.39 is 16.4 Å². The predicted molar refractivity (Wildman–Crippen MR) is 65.5 cm³/mol. The first-order valence-corrected chi connectivity index (χ1v) is 6.17. The van der Waals surface area contributed by atoms with Crippen LogP contribution in [0.2, 0.25) is 0 Å². The molecule has 1 aromatic carbocycles. The molecule has 0 N–H and O–H groups in total. The molecule has 0 bridgehead atoms. The Morgan fingerprint density at radius 1 is 1.42 bits per heavy atom. The number of hydrogen-bond acceptors (Lipinski definition) is 4. The number of benzene rings is 1. The average Bonchev–Trinajstić information content (AvgIpc) is 2.89. The SMILES string of the molecule is O=C(COc1ccc([N+](=O)[O-])c(F)c1)C1CCCC1. The molecule has 0 atom stereocenters. The minimum Gasteiger partial charge on any atom is -0.486 e. The second-order valence-electron chi connectivity index (χ2n) is 4.61. The molecule has 5 nitrogen and oxygen atoms in total. The largest absolute Gasteiger partial charge is 0.486 e. The number of carbonyl (C=O) groups is 1. The van der Waals surface area contributed by atoms with Crippen LogP contribution in [0.25, 0.3) is 0 Å². The summed E-state index contributed by atoms with van der Waals surface area (Å²) >= 11 is 0. The molecule has 6 heteroatoms. The third-order valence-corrected chi connectivity index (χ3v) is 3.31. The summed E-state index contributed by atoms with van der Waals surface area (Å²) in [5, 5.41) is 10.4. The van der Waals surface area contributed by atoms with Crippen LogP contribution in [0.3, 0.4) is 0 Å². The Hall–Kier alpha value is -1.98. The fourth-order valence-electron chi connectivity index (χ4n) is 2.25. The summed E-state index contributed by atoms with van der Waals surface area (Å²) in [4.78, 5) is 21.4. The third-order valence-electron chi connectivity index (χ3n) is 3.31. The third kappa shape index (κ3) is 3.27. The zero-order valence-electron chi connectivity index (χ0n) is 10.3. The van der Waals surface area contributed by atoms with Gasteiger partial charge in [-0.2, -0.15) is 4.39 Å². The highest BCUT2D eigenvalue weighted by Crippen LogP contribution is 2.26. The van der Waals surface area contributed by atoms with E-state index in [9.17, 15) is 19.3 Å². The second-order valence-corrected chi connectivity index (χ2v) is 4.61. The van der Waals surface area contributed by atoms with Crippen LogP contribution in [0.4, 0.5) is 10.1 Å². The first kappa shape index (κ1) is 13.5. The molecule has 102 valence electrons. The van der Waals surface area contributed by atoms with E-state index in [2.05, 4.69) is 0 Å². The van der Waals surface area contributed by atoms with E-state index in [1.165, 1.54) is 6.07 Å². The van der Waals surface area contributed by atoms with Gasteiger partial charge in [-0.15, -0.1) is 0 Å². The van der Waals surface area contributed by atoms with E-state index in [4.69, 9.17) is 4.74 Å². The molecule has 1 saturated carbocycles. The van der Waals surface area contributed by atoms with Crippen molar-refractivity contribution in [3.8, 4) is 5.75 Å². The molecule has 0 saturated heterocycles. The predicted octanol–water partition coefficient (Wildman–Crippen LogP) is 2.87. The number of nitrogens with zero attached hydrogens (tertiary/aromatic N) is 1. The number of nitro groups is 1. The van der Waals surface area contributed by atoms with Crippen LogP contribution in [0.5, 0.6) is 5.75 Å². The highest BCUT2D eigenvalue weighted by atomic mass is 19.1. The average molecular weight is 267 g/mol. The van der Waals surface area contributed by atoms with Gasteiger partial charge < -0.3 is 4.74 Å². The summed E-state index contributed by atoms with van der Waals surface area (Å²) in [6, 6.07) is 3.26. The molecule has 1 aliphatic rings. The van der Waals surface area contributed by atoms with Gasteiger partial charge in [0.25, 0.3) is 0 Å². The molecule has 0 unspecified atom stereocenters. The van der Waals surface area contributed by atoms with Gasteiger partial charge in [0.1, 0.15) is 12.4 Å². The lowest BCUT2D eigenvalue weighted by Crippen LogP contribution is -2.19. The van der Waals surface area contributed by atoms with Crippen molar-refractivity contribution in [3.05, 3.63) is 34.1 Å². The Labute approximate surface area is 109 Å². The summed E-state index contributed by atoms with van der Waals surface area (Å²) in [5.74, 6) is -0.774. The van der Waals surface area contributed by atoms with Crippen LogP contribution in [0.15, 0.2) is 18.2 Å². The first-order valence-electron chi connectivity index (χ1n) is 6.17. The monoisotopic (exact) mass is 267 g/mol. The van der Waals surface area contributed by atoms with Crippen molar-refractivity contribution in [1.29, 1.82) is 0 Å². The van der Waals surface area contributed by atoms with E-state index in [1.54, 1.807) is 0 Å². The van der Waals surface area contributed by atoms with Crippen molar-refractivity contribution in [2.45, 2.75) is 25.7 Å². The van der Waals surface area contributed by atoms with Crippen LogP contribution in [-0.4, -0.2) is 17.3 Å². The molecular weight excluding hydrogens is 253 g/mol. The van der Waals surface area contributed by atoms with E-state index in [0.29, 0.717) is 0 Å². The number of ketones is 1. The van der Waals surface area contributed by atoms with Crippen molar-refractivity contribution in [2.24, 2.45) is 5.92 Å². The molecule has 19 heavy (non-hydrogen) atoms. The molecular formula is C13H14FNO4. The molecule has 0 spiro atoms. The zero-order chi connectivity index (χ0) is 13.8. The summed E-state index contributed by atoms with van der Waals surface area (Å²) in [6.07, 6.45) is 3.89. The van der Waals surface area contributed by atoms with Crippen molar-refractivity contribution in [3.63, 3.8) is 0 Å². The van der Waals surface area contributed by atoms with Crippen molar-refractivity contribution < 1.29 is 18.8 Å². The Morgan fingerprint density at radius 2 is 2.11 bits per heavy atom. The van der Waals surface area contributed by atoms with Crippen LogP contribution in [0, 0.1) is 21.8 Å². The maximum atomic E-state index is 13.3. The molecule has 1 fully saturated rings. The maximum absolute atomic E-state index is 13.3. The number of halogens is 1. The van der Waals surface area contributed by atoms with Crippen LogP contribution in [0.1, 0.15) is 25.7 Å². The summed E-state index contributed by atoms with van der Waals surface area (Å²) in [7, 11) is 0. The van der Waals surface area contributed by atoms with Gasteiger partial charge in [-0.25, -0.2) is 0 Å². The van der Waals surface area contributed by atoms with Crippen LogP contribution >= 0.6 is 0 Å². The fraction of sp³-hybridized carbons (Fsp3) is 0.462. The Kier molecular flexibility index (Phi) is 4.09. The zero-order valence-corrected chi connectivity index (χ0v) is 10.3. The topological polar surface area (TPSA) is 69.4 Å². The number of Topliss-reactive ketones (excluding diaryl/α,β-unsaturated/α-hetero) is 1. The summed E-state index contributed by atoms with van der Waals surface area (Å²) in [6.45, 7) is -0.109. The molecule has 1 aromatic rings. The lowest BCUT2D eigenvalue weighted by molar-refractivity contribution is -0.387. The van der Waals surface area contributed by atoms with Gasteiger partial charge in [0, 0.05) is 18.1 Å². The fourth-order valence-corrected chi connectivity index (χ4v) is 2.25. The minimum atomic E-state index is -0.962. The standard InChI is InChI=1S/C13H14FNO4/c14-11-7-10(5-6-12(11)15(17)18)19-8-13(16)9-3-1-2-4-9/h5-7,9H,1-4,8H2. The molecule has 1 aliphatic carbocycles. The van der Waals surface area contributed by atoms with Crippen LogP contribution in [-0.2, 0) is 4.79 Å². The van der Waals surface area contributed by atoms with Gasteiger partial charge in [-0.3, -0.25) is 14.9 Å². The van der Waals surface area contributed by atoms with Crippen LogP contribution < -0.4 is 4.74 Å². The van der Waals surface area contributed by atoms with Gasteiger partial charge >= 0.3 is 5.69 Å². The van der Waals surface area contributed by atoms with Crippen molar-refractivity contribution in [1.82, 2.24) is 0 Å². The normalized spacial score (nSPS) is 15.4. The maximum Gasteiger partial charge on any atom is 0.305 e. The van der Waals surface area contributed by atoms with Crippen molar-refractivity contribution in [2.75, 3.05) is 6.61 Å². The highest BCUT2D eigenvalue weighted by molar-refractivity contribution is 5.82. The first-order chi connectivity index (χ1) is 9.08. The quantitative estimate of drug-likeness (QED) is 0.607. The minimum absolute atomic E-state index is 0.0104. The number of ether oxygens (including phenoxy) is 1. The lowest BCUT2D eigenvalue weighted by atomic mass is 10.0. The Balaban J connectivity index is 1.94. The molecule has 0 aromatic heterocycles. The molecule has 0 amide bonds. The summed E-state index contributed by atoms with van der Waals surface area (Å²) < 4.78 is 18.5. The lowest BCUT2D eigenvalue weighted by Gasteiger charge is -2.09. The highest BCUT2D eigenvalue weighted by Gasteiger charge is 2.23. The molecule has 0 radical (unpaired) electrons. The Morgan fingerprint density at radius 3 is 2.68 bits per heavy atom. The smallest absolute Gasteiger partial charge is 0.305 e. The number of carbonyl (C=O) groups excluding carboxylic acids is 1. The Bertz CT molecular complexity index is 497. The van der Waals surface area contributed by atoms with Crippen molar-refractivity contribution >= 4 is 11.5 Å². The van der Waals surface area contributed by atoms with E-state index in [1.807, 2.05) is 0 Å². The number of rotatable bonds is 5. The van der Waals surface area contributed by atoms with Gasteiger partial charge in [-0.05, 0) is 18.9 Å². The summed E-state index contributed by atoms with van der Waals surface area (Å²) in [5.41, 5.74) is -0.602. The van der Waals surface area contributed by atoms with E-state index in [0.717, 1.165) is 37.8 Å². The molecule has 0 aliphatic heterocycles.